The van der Waals surface area contributed by atoms with Crippen LogP contribution in [-0.2, 0) is 9.53 Å². The van der Waals surface area contributed by atoms with Crippen LogP contribution in [-0.4, -0.2) is 62.1 Å². The molecular weight excluding hydrogens is 326 g/mol. The fourth-order valence-electron chi connectivity index (χ4n) is 2.69. The van der Waals surface area contributed by atoms with Crippen LogP contribution in [0.15, 0.2) is 17.5 Å². The van der Waals surface area contributed by atoms with Crippen molar-refractivity contribution in [1.82, 2.24) is 15.5 Å². The smallest absolute Gasteiger partial charge is 0.261 e. The molecule has 0 aromatic carbocycles. The van der Waals surface area contributed by atoms with Crippen molar-refractivity contribution in [1.29, 1.82) is 0 Å². The largest absolute Gasteiger partial charge is 0.374 e. The van der Waals surface area contributed by atoms with Crippen LogP contribution in [0.2, 0.25) is 0 Å². The van der Waals surface area contributed by atoms with E-state index in [2.05, 4.69) is 29.4 Å². The third-order valence-electron chi connectivity index (χ3n) is 3.76. The highest BCUT2D eigenvalue weighted by atomic mass is 32.1. The van der Waals surface area contributed by atoms with Crippen LogP contribution < -0.4 is 10.6 Å². The minimum atomic E-state index is -0.127. The minimum absolute atomic E-state index is 0.0437. The summed E-state index contributed by atoms with van der Waals surface area (Å²) in [6.45, 7) is 8.85. The first kappa shape index (κ1) is 18.9. The molecule has 0 spiro atoms. The van der Waals surface area contributed by atoms with E-state index in [4.69, 9.17) is 4.74 Å². The molecule has 1 aromatic rings. The molecule has 2 amide bonds. The zero-order valence-electron chi connectivity index (χ0n) is 14.4. The molecular formula is C17H27N3O3S. The summed E-state index contributed by atoms with van der Waals surface area (Å²) < 4.78 is 5.71. The molecule has 0 radical (unpaired) electrons. The number of thiophene rings is 1. The van der Waals surface area contributed by atoms with E-state index in [1.807, 2.05) is 11.4 Å². The third-order valence-corrected chi connectivity index (χ3v) is 4.62. The maximum atomic E-state index is 11.9. The highest BCUT2D eigenvalue weighted by Gasteiger charge is 2.21. The Labute approximate surface area is 147 Å². The van der Waals surface area contributed by atoms with Crippen LogP contribution in [0.4, 0.5) is 0 Å². The molecule has 1 aromatic heterocycles. The van der Waals surface area contributed by atoms with E-state index in [0.717, 1.165) is 19.6 Å². The third kappa shape index (κ3) is 6.59. The summed E-state index contributed by atoms with van der Waals surface area (Å²) in [7, 11) is 0. The van der Waals surface area contributed by atoms with Gasteiger partial charge < -0.3 is 15.4 Å². The normalized spacial score (nSPS) is 18.5. The number of morpholine rings is 1. The van der Waals surface area contributed by atoms with Gasteiger partial charge >= 0.3 is 0 Å². The summed E-state index contributed by atoms with van der Waals surface area (Å²) in [4.78, 5) is 26.7. The molecule has 1 aliphatic rings. The summed E-state index contributed by atoms with van der Waals surface area (Å²) in [5, 5.41) is 7.50. The van der Waals surface area contributed by atoms with Gasteiger partial charge in [0, 0.05) is 39.1 Å². The molecule has 1 unspecified atom stereocenters. The molecule has 1 fully saturated rings. The van der Waals surface area contributed by atoms with Gasteiger partial charge in [-0.1, -0.05) is 19.9 Å². The van der Waals surface area contributed by atoms with Gasteiger partial charge in [0.2, 0.25) is 5.91 Å². The fourth-order valence-corrected chi connectivity index (χ4v) is 3.33. The molecule has 2 heterocycles. The van der Waals surface area contributed by atoms with Crippen molar-refractivity contribution in [3.8, 4) is 0 Å². The van der Waals surface area contributed by atoms with Crippen molar-refractivity contribution >= 4 is 23.2 Å². The van der Waals surface area contributed by atoms with Gasteiger partial charge in [-0.3, -0.25) is 14.5 Å². The lowest BCUT2D eigenvalue weighted by Crippen LogP contribution is -2.48. The summed E-state index contributed by atoms with van der Waals surface area (Å²) in [6.07, 6.45) is 0.321. The molecule has 1 atom stereocenters. The molecule has 24 heavy (non-hydrogen) atoms. The quantitative estimate of drug-likeness (QED) is 0.740. The Bertz CT molecular complexity index is 519. The second kappa shape index (κ2) is 9.76. The SMILES string of the molecule is CC(C)CN1CCOC(CNC(=O)CCNC(=O)c2cccs2)C1. The Morgan fingerprint density at radius 2 is 2.25 bits per heavy atom. The van der Waals surface area contributed by atoms with Crippen LogP contribution in [0.5, 0.6) is 0 Å². The predicted molar refractivity (Wildman–Crippen MR) is 95.3 cm³/mol. The number of nitrogens with zero attached hydrogens (tertiary/aromatic N) is 1. The van der Waals surface area contributed by atoms with Crippen molar-refractivity contribution in [3.05, 3.63) is 22.4 Å². The average molecular weight is 353 g/mol. The topological polar surface area (TPSA) is 70.7 Å². The van der Waals surface area contributed by atoms with E-state index in [1.165, 1.54) is 11.3 Å². The number of carbonyl (C=O) groups is 2. The Balaban J connectivity index is 1.60. The van der Waals surface area contributed by atoms with Gasteiger partial charge in [0.15, 0.2) is 0 Å². The zero-order chi connectivity index (χ0) is 17.4. The van der Waals surface area contributed by atoms with Crippen molar-refractivity contribution in [2.45, 2.75) is 26.4 Å². The van der Waals surface area contributed by atoms with Gasteiger partial charge in [0.1, 0.15) is 0 Å². The van der Waals surface area contributed by atoms with E-state index in [-0.39, 0.29) is 24.3 Å². The second-order valence-corrected chi connectivity index (χ2v) is 7.38. The monoisotopic (exact) mass is 353 g/mol. The van der Waals surface area contributed by atoms with Crippen LogP contribution in [0.3, 0.4) is 0 Å². The number of carbonyl (C=O) groups excluding carboxylic acids is 2. The maximum Gasteiger partial charge on any atom is 0.261 e. The van der Waals surface area contributed by atoms with E-state index in [1.54, 1.807) is 6.07 Å². The Morgan fingerprint density at radius 3 is 2.96 bits per heavy atom. The number of hydrogen-bond acceptors (Lipinski definition) is 5. The number of rotatable bonds is 8. The van der Waals surface area contributed by atoms with Crippen LogP contribution >= 0.6 is 11.3 Å². The molecule has 1 saturated heterocycles. The molecule has 0 bridgehead atoms. The van der Waals surface area contributed by atoms with Gasteiger partial charge in [0.05, 0.1) is 17.6 Å². The van der Waals surface area contributed by atoms with Gasteiger partial charge in [0.25, 0.3) is 5.91 Å². The summed E-state index contributed by atoms with van der Waals surface area (Å²) in [5.74, 6) is 0.439. The van der Waals surface area contributed by atoms with Crippen molar-refractivity contribution in [2.75, 3.05) is 39.3 Å². The van der Waals surface area contributed by atoms with Crippen LogP contribution in [0.25, 0.3) is 0 Å². The van der Waals surface area contributed by atoms with E-state index < -0.39 is 0 Å². The standard InChI is InChI=1S/C17H27N3O3S/c1-13(2)11-20-7-8-23-14(12-20)10-19-16(21)5-6-18-17(22)15-4-3-9-24-15/h3-4,9,13-14H,5-8,10-12H2,1-2H3,(H,18,22)(H,19,21). The van der Waals surface area contributed by atoms with Gasteiger partial charge in [-0.05, 0) is 17.4 Å². The van der Waals surface area contributed by atoms with Gasteiger partial charge in [-0.15, -0.1) is 11.3 Å². The molecule has 7 heteroatoms. The Morgan fingerprint density at radius 1 is 1.42 bits per heavy atom. The first-order valence-electron chi connectivity index (χ1n) is 8.47. The molecule has 2 N–H and O–H groups in total. The number of amides is 2. The minimum Gasteiger partial charge on any atom is -0.374 e. The van der Waals surface area contributed by atoms with Crippen LogP contribution in [0, 0.1) is 5.92 Å². The average Bonchev–Trinajstić information content (AvgIpc) is 3.07. The lowest BCUT2D eigenvalue weighted by atomic mass is 10.2. The molecule has 1 aliphatic heterocycles. The lowest BCUT2D eigenvalue weighted by molar-refractivity contribution is -0.122. The highest BCUT2D eigenvalue weighted by Crippen LogP contribution is 2.08. The second-order valence-electron chi connectivity index (χ2n) is 6.43. The van der Waals surface area contributed by atoms with Crippen LogP contribution in [0.1, 0.15) is 29.9 Å². The molecule has 6 nitrogen and oxygen atoms in total. The molecule has 0 aliphatic carbocycles. The maximum absolute atomic E-state index is 11.9. The summed E-state index contributed by atoms with van der Waals surface area (Å²) in [5.41, 5.74) is 0. The van der Waals surface area contributed by atoms with Crippen molar-refractivity contribution < 1.29 is 14.3 Å². The van der Waals surface area contributed by atoms with Gasteiger partial charge in [-0.2, -0.15) is 0 Å². The summed E-state index contributed by atoms with van der Waals surface area (Å²) >= 11 is 1.39. The lowest BCUT2D eigenvalue weighted by Gasteiger charge is -2.33. The number of nitrogens with one attached hydrogen (secondary N) is 2. The van der Waals surface area contributed by atoms with Gasteiger partial charge in [-0.25, -0.2) is 0 Å². The van der Waals surface area contributed by atoms with E-state index in [0.29, 0.717) is 30.5 Å². The molecule has 2 rings (SSSR count). The first-order chi connectivity index (χ1) is 11.5. The number of ether oxygens (including phenoxy) is 1. The van der Waals surface area contributed by atoms with Crippen molar-refractivity contribution in [3.63, 3.8) is 0 Å². The number of hydrogen-bond donors (Lipinski definition) is 2. The van der Waals surface area contributed by atoms with Crippen molar-refractivity contribution in [2.24, 2.45) is 5.92 Å². The predicted octanol–water partition coefficient (Wildman–Crippen LogP) is 1.34. The summed E-state index contributed by atoms with van der Waals surface area (Å²) in [6, 6.07) is 3.60. The fraction of sp³-hybridized carbons (Fsp3) is 0.647. The Kier molecular flexibility index (Phi) is 7.68. The first-order valence-corrected chi connectivity index (χ1v) is 9.35. The zero-order valence-corrected chi connectivity index (χ0v) is 15.2. The van der Waals surface area contributed by atoms with E-state index >= 15 is 0 Å². The molecule has 0 saturated carbocycles. The molecule has 134 valence electrons. The van der Waals surface area contributed by atoms with E-state index in [9.17, 15) is 9.59 Å². The Hall–Kier alpha value is -1.44. The highest BCUT2D eigenvalue weighted by molar-refractivity contribution is 7.12.